The van der Waals surface area contributed by atoms with Gasteiger partial charge in [-0.3, -0.25) is 14.9 Å². The smallest absolute Gasteiger partial charge is 0.123 e. The van der Waals surface area contributed by atoms with Crippen molar-refractivity contribution in [3.8, 4) is 5.75 Å². The lowest BCUT2D eigenvalue weighted by Gasteiger charge is -2.32. The van der Waals surface area contributed by atoms with E-state index in [0.717, 1.165) is 25.3 Å². The van der Waals surface area contributed by atoms with Gasteiger partial charge in [0.25, 0.3) is 0 Å². The molecule has 5 nitrogen and oxygen atoms in total. The van der Waals surface area contributed by atoms with Crippen molar-refractivity contribution in [2.24, 2.45) is 0 Å². The summed E-state index contributed by atoms with van der Waals surface area (Å²) in [5.41, 5.74) is 0.853. The molecule has 3 rings (SSSR count). The molecule has 116 valence electrons. The zero-order chi connectivity index (χ0) is 15.2. The van der Waals surface area contributed by atoms with Crippen LogP contribution in [0.15, 0.2) is 42.9 Å². The first kappa shape index (κ1) is 14.9. The Hall–Kier alpha value is -2.05. The molecule has 22 heavy (non-hydrogen) atoms. The van der Waals surface area contributed by atoms with Gasteiger partial charge < -0.3 is 9.47 Å². The normalized spacial score (nSPS) is 19.0. The fourth-order valence-electron chi connectivity index (χ4n) is 2.38. The first-order valence-electron chi connectivity index (χ1n) is 7.29. The molecular weight excluding hydrogens is 285 g/mol. The minimum absolute atomic E-state index is 0.0479. The van der Waals surface area contributed by atoms with Crippen LogP contribution in [-0.4, -0.2) is 47.7 Å². The molecule has 1 aromatic carbocycles. The van der Waals surface area contributed by atoms with Crippen LogP contribution in [0.2, 0.25) is 0 Å². The third-order valence-electron chi connectivity index (χ3n) is 3.55. The first-order valence-corrected chi connectivity index (χ1v) is 7.29. The Labute approximate surface area is 128 Å². The number of hydrogen-bond acceptors (Lipinski definition) is 5. The van der Waals surface area contributed by atoms with Gasteiger partial charge in [0.2, 0.25) is 0 Å². The Balaban J connectivity index is 1.47. The number of ether oxygens (including phenoxy) is 2. The molecule has 0 unspecified atom stereocenters. The Morgan fingerprint density at radius 1 is 1.27 bits per heavy atom. The summed E-state index contributed by atoms with van der Waals surface area (Å²) in [7, 11) is 0. The highest BCUT2D eigenvalue weighted by Gasteiger charge is 2.22. The predicted octanol–water partition coefficient (Wildman–Crippen LogP) is 2.07. The summed E-state index contributed by atoms with van der Waals surface area (Å²) >= 11 is 0. The molecule has 1 fully saturated rings. The zero-order valence-corrected chi connectivity index (χ0v) is 12.2. The van der Waals surface area contributed by atoms with Crippen LogP contribution in [0.4, 0.5) is 4.39 Å². The molecule has 0 saturated carbocycles. The summed E-state index contributed by atoms with van der Waals surface area (Å²) in [6.45, 7) is 3.64. The summed E-state index contributed by atoms with van der Waals surface area (Å²) < 4.78 is 24.2. The molecule has 0 aliphatic carbocycles. The fraction of sp³-hybridized carbons (Fsp3) is 0.375. The number of benzene rings is 1. The SMILES string of the molecule is Fc1ccc(OCCN2CCO[C@H](c3cnccn3)C2)cc1. The second kappa shape index (κ2) is 7.29. The number of hydrogen-bond donors (Lipinski definition) is 0. The van der Waals surface area contributed by atoms with Crippen molar-refractivity contribution in [2.45, 2.75) is 6.10 Å². The average molecular weight is 303 g/mol. The number of morpholine rings is 1. The van der Waals surface area contributed by atoms with Crippen LogP contribution in [0.5, 0.6) is 5.75 Å². The van der Waals surface area contributed by atoms with Gasteiger partial charge in [-0.15, -0.1) is 0 Å². The third-order valence-corrected chi connectivity index (χ3v) is 3.55. The maximum atomic E-state index is 12.8. The standard InChI is InChI=1S/C16H18FN3O2/c17-13-1-3-14(4-2-13)21-9-7-20-8-10-22-16(12-20)15-11-18-5-6-19-15/h1-6,11,16H,7-10,12H2/t16-/m0/s1. The Bertz CT molecular complexity index is 580. The van der Waals surface area contributed by atoms with Gasteiger partial charge in [0, 0.05) is 32.0 Å². The summed E-state index contributed by atoms with van der Waals surface area (Å²) in [4.78, 5) is 10.6. The number of aromatic nitrogens is 2. The fourth-order valence-corrected chi connectivity index (χ4v) is 2.38. The van der Waals surface area contributed by atoms with E-state index in [-0.39, 0.29) is 11.9 Å². The molecule has 0 spiro atoms. The lowest BCUT2D eigenvalue weighted by Crippen LogP contribution is -2.40. The molecule has 0 amide bonds. The highest BCUT2D eigenvalue weighted by atomic mass is 19.1. The molecule has 0 radical (unpaired) electrons. The van der Waals surface area contributed by atoms with Gasteiger partial charge in [-0.05, 0) is 24.3 Å². The van der Waals surface area contributed by atoms with Gasteiger partial charge in [0.1, 0.15) is 24.3 Å². The van der Waals surface area contributed by atoms with Gasteiger partial charge in [-0.2, -0.15) is 0 Å². The molecule has 2 heterocycles. The highest BCUT2D eigenvalue weighted by molar-refractivity contribution is 5.21. The van der Waals surface area contributed by atoms with E-state index in [1.165, 1.54) is 12.1 Å². The van der Waals surface area contributed by atoms with Crippen molar-refractivity contribution in [3.63, 3.8) is 0 Å². The number of halogens is 1. The maximum absolute atomic E-state index is 12.8. The first-order chi connectivity index (χ1) is 10.8. The molecule has 1 aliphatic rings. The number of rotatable bonds is 5. The minimum Gasteiger partial charge on any atom is -0.492 e. The molecular formula is C16H18FN3O2. The van der Waals surface area contributed by atoms with Crippen molar-refractivity contribution < 1.29 is 13.9 Å². The monoisotopic (exact) mass is 303 g/mol. The van der Waals surface area contributed by atoms with E-state index in [9.17, 15) is 4.39 Å². The topological polar surface area (TPSA) is 47.5 Å². The Morgan fingerprint density at radius 3 is 2.91 bits per heavy atom. The van der Waals surface area contributed by atoms with E-state index in [4.69, 9.17) is 9.47 Å². The van der Waals surface area contributed by atoms with Crippen molar-refractivity contribution in [1.82, 2.24) is 14.9 Å². The van der Waals surface area contributed by atoms with Crippen molar-refractivity contribution >= 4 is 0 Å². The van der Waals surface area contributed by atoms with Crippen LogP contribution in [0.3, 0.4) is 0 Å². The lowest BCUT2D eigenvalue weighted by molar-refractivity contribution is -0.0351. The van der Waals surface area contributed by atoms with Crippen LogP contribution in [0.25, 0.3) is 0 Å². The molecule has 2 aromatic rings. The van der Waals surface area contributed by atoms with E-state index >= 15 is 0 Å². The van der Waals surface area contributed by atoms with Gasteiger partial charge in [0.05, 0.1) is 18.5 Å². The van der Waals surface area contributed by atoms with Crippen LogP contribution < -0.4 is 4.74 Å². The molecule has 1 aliphatic heterocycles. The van der Waals surface area contributed by atoms with Crippen LogP contribution in [0.1, 0.15) is 11.8 Å². The van der Waals surface area contributed by atoms with Gasteiger partial charge in [-0.25, -0.2) is 4.39 Å². The van der Waals surface area contributed by atoms with Crippen LogP contribution >= 0.6 is 0 Å². The van der Waals surface area contributed by atoms with Crippen LogP contribution in [-0.2, 0) is 4.74 Å². The summed E-state index contributed by atoms with van der Waals surface area (Å²) in [5.74, 6) is 0.424. The number of nitrogens with zero attached hydrogens (tertiary/aromatic N) is 3. The van der Waals surface area contributed by atoms with Crippen molar-refractivity contribution in [1.29, 1.82) is 0 Å². The largest absolute Gasteiger partial charge is 0.492 e. The minimum atomic E-state index is -0.257. The summed E-state index contributed by atoms with van der Waals surface area (Å²) in [6, 6.07) is 6.07. The Kier molecular flexibility index (Phi) is 4.92. The van der Waals surface area contributed by atoms with E-state index in [0.29, 0.717) is 19.0 Å². The molecule has 1 saturated heterocycles. The third kappa shape index (κ3) is 3.99. The summed E-state index contributed by atoms with van der Waals surface area (Å²) in [5, 5.41) is 0. The summed E-state index contributed by atoms with van der Waals surface area (Å²) in [6.07, 6.45) is 5.02. The predicted molar refractivity (Wildman–Crippen MR) is 79.1 cm³/mol. The lowest BCUT2D eigenvalue weighted by atomic mass is 10.2. The molecule has 1 atom stereocenters. The van der Waals surface area contributed by atoms with Gasteiger partial charge in [-0.1, -0.05) is 0 Å². The van der Waals surface area contributed by atoms with E-state index in [2.05, 4.69) is 14.9 Å². The Morgan fingerprint density at radius 2 is 2.14 bits per heavy atom. The van der Waals surface area contributed by atoms with E-state index in [1.807, 2.05) is 0 Å². The molecule has 6 heteroatoms. The average Bonchev–Trinajstić information content (AvgIpc) is 2.58. The van der Waals surface area contributed by atoms with Crippen molar-refractivity contribution in [3.05, 3.63) is 54.4 Å². The van der Waals surface area contributed by atoms with E-state index < -0.39 is 0 Å². The van der Waals surface area contributed by atoms with Gasteiger partial charge in [0.15, 0.2) is 0 Å². The maximum Gasteiger partial charge on any atom is 0.123 e. The second-order valence-corrected chi connectivity index (χ2v) is 5.09. The van der Waals surface area contributed by atoms with Crippen molar-refractivity contribution in [2.75, 3.05) is 32.8 Å². The van der Waals surface area contributed by atoms with Crippen LogP contribution in [0, 0.1) is 5.82 Å². The zero-order valence-electron chi connectivity index (χ0n) is 12.2. The molecule has 0 N–H and O–H groups in total. The molecule has 1 aromatic heterocycles. The quantitative estimate of drug-likeness (QED) is 0.846. The van der Waals surface area contributed by atoms with E-state index in [1.54, 1.807) is 30.7 Å². The highest BCUT2D eigenvalue weighted by Crippen LogP contribution is 2.19. The second-order valence-electron chi connectivity index (χ2n) is 5.09. The molecule has 0 bridgehead atoms. The van der Waals surface area contributed by atoms with Gasteiger partial charge >= 0.3 is 0 Å².